The predicted octanol–water partition coefficient (Wildman–Crippen LogP) is 2.78. The van der Waals surface area contributed by atoms with Crippen molar-refractivity contribution >= 4 is 17.5 Å². The Balaban J connectivity index is 2.32. The summed E-state index contributed by atoms with van der Waals surface area (Å²) >= 11 is 5.84. The van der Waals surface area contributed by atoms with Crippen LogP contribution in [0.5, 0.6) is 0 Å². The van der Waals surface area contributed by atoms with E-state index in [0.29, 0.717) is 12.6 Å². The maximum atomic E-state index is 11.7. The van der Waals surface area contributed by atoms with Gasteiger partial charge in [0.1, 0.15) is 0 Å². The zero-order valence-corrected chi connectivity index (χ0v) is 12.6. The van der Waals surface area contributed by atoms with Gasteiger partial charge in [-0.2, -0.15) is 0 Å². The molecule has 0 saturated carbocycles. The van der Waals surface area contributed by atoms with Crippen LogP contribution in [0.2, 0.25) is 5.02 Å². The molecule has 0 bridgehead atoms. The lowest BCUT2D eigenvalue weighted by molar-refractivity contribution is -0.120. The highest BCUT2D eigenvalue weighted by atomic mass is 35.5. The van der Waals surface area contributed by atoms with Gasteiger partial charge in [0, 0.05) is 17.1 Å². The highest BCUT2D eigenvalue weighted by Gasteiger charge is 2.09. The molecule has 0 aliphatic carbocycles. The summed E-state index contributed by atoms with van der Waals surface area (Å²) in [5.74, 6) is 0.0433. The Morgan fingerprint density at radius 2 is 1.84 bits per heavy atom. The molecule has 0 radical (unpaired) electrons. The fraction of sp³-hybridized carbons (Fsp3) is 0.533. The largest absolute Gasteiger partial charge is 0.352 e. The first kappa shape index (κ1) is 16.0. The van der Waals surface area contributed by atoms with E-state index in [4.69, 9.17) is 11.6 Å². The molecule has 0 aromatic heterocycles. The van der Waals surface area contributed by atoms with Crippen LogP contribution in [0.4, 0.5) is 0 Å². The second-order valence-electron chi connectivity index (χ2n) is 4.99. The minimum absolute atomic E-state index is 0.0433. The third-order valence-corrected chi connectivity index (χ3v) is 3.34. The summed E-state index contributed by atoms with van der Waals surface area (Å²) in [6.45, 7) is 6.55. The van der Waals surface area contributed by atoms with Crippen LogP contribution < -0.4 is 10.6 Å². The van der Waals surface area contributed by atoms with Crippen LogP contribution in [-0.2, 0) is 11.2 Å². The van der Waals surface area contributed by atoms with E-state index in [9.17, 15) is 4.79 Å². The van der Waals surface area contributed by atoms with Crippen LogP contribution >= 0.6 is 11.6 Å². The standard InChI is InChI=1S/C15H23ClN2O/c1-4-11(2)17-10-15(19)18-12(3)9-13-5-7-14(16)8-6-13/h5-8,11-12,17H,4,9-10H2,1-3H3,(H,18,19). The maximum Gasteiger partial charge on any atom is 0.234 e. The van der Waals surface area contributed by atoms with Crippen LogP contribution in [0, 0.1) is 0 Å². The molecule has 0 aliphatic heterocycles. The first-order chi connectivity index (χ1) is 9.01. The SMILES string of the molecule is CCC(C)NCC(=O)NC(C)Cc1ccc(Cl)cc1. The second kappa shape index (κ2) is 8.18. The van der Waals surface area contributed by atoms with Gasteiger partial charge in [0.2, 0.25) is 5.91 Å². The van der Waals surface area contributed by atoms with Gasteiger partial charge < -0.3 is 10.6 Å². The van der Waals surface area contributed by atoms with Gasteiger partial charge in [-0.3, -0.25) is 4.79 Å². The molecule has 3 nitrogen and oxygen atoms in total. The minimum atomic E-state index is 0.0433. The van der Waals surface area contributed by atoms with Gasteiger partial charge in [0.15, 0.2) is 0 Å². The lowest BCUT2D eigenvalue weighted by atomic mass is 10.1. The average Bonchev–Trinajstić information content (AvgIpc) is 2.38. The maximum absolute atomic E-state index is 11.7. The van der Waals surface area contributed by atoms with Gasteiger partial charge >= 0.3 is 0 Å². The van der Waals surface area contributed by atoms with Crippen molar-refractivity contribution in [2.75, 3.05) is 6.54 Å². The van der Waals surface area contributed by atoms with Gasteiger partial charge in [-0.05, 0) is 44.4 Å². The topological polar surface area (TPSA) is 41.1 Å². The Kier molecular flexibility index (Phi) is 6.89. The molecular formula is C15H23ClN2O. The van der Waals surface area contributed by atoms with Crippen molar-refractivity contribution in [2.24, 2.45) is 0 Å². The van der Waals surface area contributed by atoms with E-state index in [2.05, 4.69) is 24.5 Å². The first-order valence-corrected chi connectivity index (χ1v) is 7.16. The highest BCUT2D eigenvalue weighted by Crippen LogP contribution is 2.10. The molecular weight excluding hydrogens is 260 g/mol. The quantitative estimate of drug-likeness (QED) is 0.807. The van der Waals surface area contributed by atoms with Crippen molar-refractivity contribution in [1.29, 1.82) is 0 Å². The van der Waals surface area contributed by atoms with Gasteiger partial charge in [0.25, 0.3) is 0 Å². The van der Waals surface area contributed by atoms with Crippen LogP contribution in [0.25, 0.3) is 0 Å². The molecule has 106 valence electrons. The molecule has 0 heterocycles. The van der Waals surface area contributed by atoms with Crippen molar-refractivity contribution < 1.29 is 4.79 Å². The Hall–Kier alpha value is -1.06. The number of carbonyl (C=O) groups excluding carboxylic acids is 1. The minimum Gasteiger partial charge on any atom is -0.352 e. The smallest absolute Gasteiger partial charge is 0.234 e. The molecule has 0 aliphatic rings. The zero-order chi connectivity index (χ0) is 14.3. The molecule has 0 fully saturated rings. The van der Waals surface area contributed by atoms with Crippen LogP contribution in [0.3, 0.4) is 0 Å². The summed E-state index contributed by atoms with van der Waals surface area (Å²) in [5.41, 5.74) is 1.17. The van der Waals surface area contributed by atoms with Gasteiger partial charge in [0.05, 0.1) is 6.54 Å². The van der Waals surface area contributed by atoms with E-state index < -0.39 is 0 Å². The number of benzene rings is 1. The normalized spacial score (nSPS) is 13.9. The number of halogens is 1. The Labute approximate surface area is 120 Å². The van der Waals surface area contributed by atoms with Crippen molar-refractivity contribution in [1.82, 2.24) is 10.6 Å². The summed E-state index contributed by atoms with van der Waals surface area (Å²) in [6, 6.07) is 8.21. The molecule has 1 rings (SSSR count). The summed E-state index contributed by atoms with van der Waals surface area (Å²) in [6.07, 6.45) is 1.83. The van der Waals surface area contributed by atoms with Crippen molar-refractivity contribution in [3.05, 3.63) is 34.9 Å². The number of carbonyl (C=O) groups is 1. The number of nitrogens with one attached hydrogen (secondary N) is 2. The number of hydrogen-bond donors (Lipinski definition) is 2. The van der Waals surface area contributed by atoms with Gasteiger partial charge in [-0.25, -0.2) is 0 Å². The van der Waals surface area contributed by atoms with Crippen molar-refractivity contribution in [3.63, 3.8) is 0 Å². The zero-order valence-electron chi connectivity index (χ0n) is 11.9. The molecule has 1 aromatic rings. The summed E-state index contributed by atoms with van der Waals surface area (Å²) in [4.78, 5) is 11.7. The van der Waals surface area contributed by atoms with Gasteiger partial charge in [-0.15, -0.1) is 0 Å². The van der Waals surface area contributed by atoms with E-state index in [-0.39, 0.29) is 11.9 Å². The van der Waals surface area contributed by atoms with Crippen LogP contribution in [0.1, 0.15) is 32.8 Å². The fourth-order valence-corrected chi connectivity index (χ4v) is 1.89. The molecule has 2 N–H and O–H groups in total. The summed E-state index contributed by atoms with van der Waals surface area (Å²) in [7, 11) is 0. The Morgan fingerprint density at radius 3 is 2.42 bits per heavy atom. The lowest BCUT2D eigenvalue weighted by Crippen LogP contribution is -2.42. The van der Waals surface area contributed by atoms with Crippen LogP contribution in [0.15, 0.2) is 24.3 Å². The number of rotatable bonds is 7. The molecule has 2 unspecified atom stereocenters. The van der Waals surface area contributed by atoms with Crippen molar-refractivity contribution in [3.8, 4) is 0 Å². The monoisotopic (exact) mass is 282 g/mol. The van der Waals surface area contributed by atoms with Crippen LogP contribution in [-0.4, -0.2) is 24.5 Å². The first-order valence-electron chi connectivity index (χ1n) is 6.78. The van der Waals surface area contributed by atoms with Gasteiger partial charge in [-0.1, -0.05) is 30.7 Å². The Bertz CT molecular complexity index is 392. The molecule has 19 heavy (non-hydrogen) atoms. The van der Waals surface area contributed by atoms with E-state index in [0.717, 1.165) is 17.9 Å². The van der Waals surface area contributed by atoms with E-state index in [1.165, 1.54) is 5.56 Å². The third kappa shape index (κ3) is 6.60. The summed E-state index contributed by atoms with van der Waals surface area (Å²) in [5, 5.41) is 6.90. The molecule has 1 amide bonds. The molecule has 0 spiro atoms. The number of hydrogen-bond acceptors (Lipinski definition) is 2. The molecule has 2 atom stereocenters. The second-order valence-corrected chi connectivity index (χ2v) is 5.43. The number of amides is 1. The summed E-state index contributed by atoms with van der Waals surface area (Å²) < 4.78 is 0. The average molecular weight is 283 g/mol. The Morgan fingerprint density at radius 1 is 1.21 bits per heavy atom. The fourth-order valence-electron chi connectivity index (χ4n) is 1.76. The lowest BCUT2D eigenvalue weighted by Gasteiger charge is -2.16. The molecule has 4 heteroatoms. The van der Waals surface area contributed by atoms with E-state index in [1.54, 1.807) is 0 Å². The third-order valence-electron chi connectivity index (χ3n) is 3.09. The van der Waals surface area contributed by atoms with E-state index in [1.807, 2.05) is 31.2 Å². The van der Waals surface area contributed by atoms with E-state index >= 15 is 0 Å². The molecule has 0 saturated heterocycles. The van der Waals surface area contributed by atoms with Crippen molar-refractivity contribution in [2.45, 2.75) is 45.7 Å². The predicted molar refractivity (Wildman–Crippen MR) is 80.5 cm³/mol. The molecule has 1 aromatic carbocycles. The highest BCUT2D eigenvalue weighted by molar-refractivity contribution is 6.30.